The van der Waals surface area contributed by atoms with Crippen molar-refractivity contribution in [1.82, 2.24) is 10.5 Å². The lowest BCUT2D eigenvalue weighted by Crippen LogP contribution is -2.34. The molecule has 0 aliphatic carbocycles. The number of thioether (sulfide) groups is 1. The molecule has 0 saturated heterocycles. The summed E-state index contributed by atoms with van der Waals surface area (Å²) in [6.45, 7) is 3.01. The minimum absolute atomic E-state index is 0.0865. The van der Waals surface area contributed by atoms with Gasteiger partial charge in [-0.3, -0.25) is 9.59 Å². The minimum atomic E-state index is -0.213. The number of aryl methyl sites for hydroxylation is 1. The molecule has 1 heterocycles. The third-order valence-corrected chi connectivity index (χ3v) is 4.26. The van der Waals surface area contributed by atoms with Gasteiger partial charge in [-0.05, 0) is 19.1 Å². The molecule has 0 aliphatic heterocycles. The zero-order valence-corrected chi connectivity index (χ0v) is 15.1. The number of hydrogen-bond acceptors (Lipinski definition) is 6. The first-order chi connectivity index (χ1) is 12.0. The molecular formula is C17H22N4O3S. The van der Waals surface area contributed by atoms with E-state index in [1.54, 1.807) is 13.0 Å². The fourth-order valence-corrected chi connectivity index (χ4v) is 2.71. The number of aromatic nitrogens is 1. The van der Waals surface area contributed by atoms with Crippen LogP contribution in [0.1, 0.15) is 5.76 Å². The molecule has 2 aromatic rings. The van der Waals surface area contributed by atoms with Gasteiger partial charge in [0.05, 0.1) is 11.5 Å². The van der Waals surface area contributed by atoms with Crippen molar-refractivity contribution in [2.75, 3.05) is 41.9 Å². The fraction of sp³-hybridized carbons (Fsp3) is 0.353. The molecule has 2 N–H and O–H groups in total. The Labute approximate surface area is 151 Å². The predicted octanol–water partition coefficient (Wildman–Crippen LogP) is 1.91. The van der Waals surface area contributed by atoms with Crippen LogP contribution in [0.2, 0.25) is 0 Å². The average molecular weight is 362 g/mol. The molecule has 134 valence electrons. The highest BCUT2D eigenvalue weighted by molar-refractivity contribution is 8.00. The number of carbonyl (C=O) groups is 2. The van der Waals surface area contributed by atoms with Crippen LogP contribution >= 0.6 is 11.8 Å². The molecule has 0 saturated carbocycles. The Morgan fingerprint density at radius 1 is 1.20 bits per heavy atom. The van der Waals surface area contributed by atoms with E-state index in [1.165, 1.54) is 11.8 Å². The van der Waals surface area contributed by atoms with E-state index < -0.39 is 0 Å². The maximum atomic E-state index is 11.8. The molecule has 8 heteroatoms. The van der Waals surface area contributed by atoms with E-state index in [2.05, 4.69) is 20.7 Å². The van der Waals surface area contributed by atoms with Crippen LogP contribution in [0.15, 0.2) is 40.9 Å². The molecule has 0 fully saturated rings. The number of benzene rings is 1. The van der Waals surface area contributed by atoms with Crippen molar-refractivity contribution >= 4 is 35.1 Å². The molecular weight excluding hydrogens is 340 g/mol. The number of hydrogen-bond donors (Lipinski definition) is 2. The quantitative estimate of drug-likeness (QED) is 0.708. The van der Waals surface area contributed by atoms with Crippen LogP contribution < -0.4 is 15.5 Å². The first-order valence-corrected chi connectivity index (χ1v) is 9.04. The van der Waals surface area contributed by atoms with Gasteiger partial charge in [-0.25, -0.2) is 0 Å². The van der Waals surface area contributed by atoms with Crippen molar-refractivity contribution in [3.8, 4) is 0 Å². The van der Waals surface area contributed by atoms with Crippen LogP contribution in [-0.2, 0) is 9.59 Å². The molecule has 0 unspecified atom stereocenters. The molecule has 0 aliphatic rings. The molecule has 2 rings (SSSR count). The van der Waals surface area contributed by atoms with Gasteiger partial charge in [-0.2, -0.15) is 0 Å². The molecule has 0 spiro atoms. The first kappa shape index (κ1) is 18.9. The fourth-order valence-electron chi connectivity index (χ4n) is 2.07. The lowest BCUT2D eigenvalue weighted by Gasteiger charge is -2.19. The van der Waals surface area contributed by atoms with E-state index in [9.17, 15) is 9.59 Å². The standard InChI is InChI=1S/C17H22N4O3S/c1-13-10-15(20-24-13)19-17(23)12-25-11-16(22)18-8-9-21(2)14-6-4-3-5-7-14/h3-7,10H,8-9,11-12H2,1-2H3,(H,18,22)(H,19,20,23). The smallest absolute Gasteiger partial charge is 0.235 e. The molecule has 0 radical (unpaired) electrons. The summed E-state index contributed by atoms with van der Waals surface area (Å²) in [5.74, 6) is 1.13. The number of anilines is 2. The van der Waals surface area contributed by atoms with Crippen LogP contribution in [-0.4, -0.2) is 48.6 Å². The van der Waals surface area contributed by atoms with E-state index in [1.807, 2.05) is 37.4 Å². The Morgan fingerprint density at radius 2 is 1.92 bits per heavy atom. The van der Waals surface area contributed by atoms with Crippen molar-refractivity contribution in [3.63, 3.8) is 0 Å². The van der Waals surface area contributed by atoms with Gasteiger partial charge in [0.1, 0.15) is 5.76 Å². The van der Waals surface area contributed by atoms with Gasteiger partial charge in [-0.15, -0.1) is 11.8 Å². The Bertz CT molecular complexity index is 690. The SMILES string of the molecule is Cc1cc(NC(=O)CSCC(=O)NCCN(C)c2ccccc2)no1. The minimum Gasteiger partial charge on any atom is -0.373 e. The average Bonchev–Trinajstić information content (AvgIpc) is 3.00. The topological polar surface area (TPSA) is 87.5 Å². The maximum Gasteiger partial charge on any atom is 0.235 e. The Kier molecular flexibility index (Phi) is 7.34. The van der Waals surface area contributed by atoms with Crippen molar-refractivity contribution in [1.29, 1.82) is 0 Å². The van der Waals surface area contributed by atoms with Crippen molar-refractivity contribution < 1.29 is 14.1 Å². The second-order valence-corrected chi connectivity index (χ2v) is 6.46. The van der Waals surface area contributed by atoms with Crippen LogP contribution in [0.25, 0.3) is 0 Å². The van der Waals surface area contributed by atoms with Gasteiger partial charge in [0.15, 0.2) is 5.82 Å². The van der Waals surface area contributed by atoms with Crippen LogP contribution in [0.4, 0.5) is 11.5 Å². The van der Waals surface area contributed by atoms with Gasteiger partial charge < -0.3 is 20.1 Å². The second kappa shape index (κ2) is 9.73. The number of carbonyl (C=O) groups excluding carboxylic acids is 2. The Morgan fingerprint density at radius 3 is 2.60 bits per heavy atom. The molecule has 2 amide bonds. The molecule has 0 bridgehead atoms. The number of para-hydroxylation sites is 1. The highest BCUT2D eigenvalue weighted by Crippen LogP contribution is 2.10. The summed E-state index contributed by atoms with van der Waals surface area (Å²) in [5.41, 5.74) is 1.10. The summed E-state index contributed by atoms with van der Waals surface area (Å²) in [7, 11) is 1.98. The maximum absolute atomic E-state index is 11.8. The summed E-state index contributed by atoms with van der Waals surface area (Å²) in [4.78, 5) is 25.6. The summed E-state index contributed by atoms with van der Waals surface area (Å²) < 4.78 is 4.86. The number of nitrogens with one attached hydrogen (secondary N) is 2. The number of rotatable bonds is 9. The Balaban J connectivity index is 1.57. The lowest BCUT2D eigenvalue weighted by atomic mass is 10.3. The summed E-state index contributed by atoms with van der Waals surface area (Å²) in [6, 6.07) is 11.6. The first-order valence-electron chi connectivity index (χ1n) is 7.88. The zero-order chi connectivity index (χ0) is 18.1. The van der Waals surface area contributed by atoms with Gasteiger partial charge in [0, 0.05) is 31.9 Å². The molecule has 0 atom stereocenters. The van der Waals surface area contributed by atoms with E-state index in [-0.39, 0.29) is 23.3 Å². The van der Waals surface area contributed by atoms with E-state index >= 15 is 0 Å². The zero-order valence-electron chi connectivity index (χ0n) is 14.3. The number of amides is 2. The highest BCUT2D eigenvalue weighted by atomic mass is 32.2. The van der Waals surface area contributed by atoms with Crippen molar-refractivity contribution in [3.05, 3.63) is 42.2 Å². The highest BCUT2D eigenvalue weighted by Gasteiger charge is 2.08. The van der Waals surface area contributed by atoms with Crippen LogP contribution in [0.3, 0.4) is 0 Å². The molecule has 1 aromatic heterocycles. The van der Waals surface area contributed by atoms with E-state index in [0.29, 0.717) is 24.7 Å². The second-order valence-electron chi connectivity index (χ2n) is 5.47. The normalized spacial score (nSPS) is 10.3. The number of nitrogens with zero attached hydrogens (tertiary/aromatic N) is 2. The molecule has 1 aromatic carbocycles. The van der Waals surface area contributed by atoms with Gasteiger partial charge in [0.2, 0.25) is 11.8 Å². The monoisotopic (exact) mass is 362 g/mol. The lowest BCUT2D eigenvalue weighted by molar-refractivity contribution is -0.118. The molecule has 25 heavy (non-hydrogen) atoms. The van der Waals surface area contributed by atoms with Crippen LogP contribution in [0.5, 0.6) is 0 Å². The summed E-state index contributed by atoms with van der Waals surface area (Å²) >= 11 is 1.25. The summed E-state index contributed by atoms with van der Waals surface area (Å²) in [6.07, 6.45) is 0. The van der Waals surface area contributed by atoms with Crippen molar-refractivity contribution in [2.45, 2.75) is 6.92 Å². The predicted molar refractivity (Wildman–Crippen MR) is 99.9 cm³/mol. The van der Waals surface area contributed by atoms with Gasteiger partial charge in [0.25, 0.3) is 0 Å². The molecule has 7 nitrogen and oxygen atoms in total. The summed E-state index contributed by atoms with van der Waals surface area (Å²) in [5, 5.41) is 9.14. The number of likely N-dealkylation sites (N-methyl/N-ethyl adjacent to an activating group) is 1. The Hall–Kier alpha value is -2.48. The van der Waals surface area contributed by atoms with Gasteiger partial charge in [-0.1, -0.05) is 23.4 Å². The van der Waals surface area contributed by atoms with E-state index in [4.69, 9.17) is 4.52 Å². The van der Waals surface area contributed by atoms with Crippen LogP contribution in [0, 0.1) is 6.92 Å². The van der Waals surface area contributed by atoms with Gasteiger partial charge >= 0.3 is 0 Å². The van der Waals surface area contributed by atoms with E-state index in [0.717, 1.165) is 5.69 Å². The van der Waals surface area contributed by atoms with Crippen molar-refractivity contribution in [2.24, 2.45) is 0 Å². The third kappa shape index (κ3) is 6.88. The largest absolute Gasteiger partial charge is 0.373 e. The third-order valence-electron chi connectivity index (χ3n) is 3.33.